The Morgan fingerprint density at radius 1 is 1.39 bits per heavy atom. The molecule has 2 atom stereocenters. The number of nitrogens with two attached hydrogens (primary N) is 1. The van der Waals surface area contributed by atoms with E-state index in [1.54, 1.807) is 0 Å². The molecule has 1 aliphatic rings. The van der Waals surface area contributed by atoms with Gasteiger partial charge in [0.25, 0.3) is 5.91 Å². The number of amides is 1. The molecule has 0 unspecified atom stereocenters. The maximum atomic E-state index is 12.3. The number of anilines is 1. The van der Waals surface area contributed by atoms with Crippen molar-refractivity contribution in [3.05, 3.63) is 35.2 Å². The van der Waals surface area contributed by atoms with Crippen molar-refractivity contribution >= 4 is 22.4 Å². The van der Waals surface area contributed by atoms with Gasteiger partial charge in [-0.25, -0.2) is 4.98 Å². The second-order valence-corrected chi connectivity index (χ2v) is 6.64. The quantitative estimate of drug-likeness (QED) is 0.883. The number of hydrogen-bond donors (Lipinski definition) is 2. The Kier molecular flexibility index (Phi) is 5.05. The van der Waals surface area contributed by atoms with Crippen LogP contribution in [0.5, 0.6) is 0 Å². The Labute approximate surface area is 139 Å². The first kappa shape index (κ1) is 16.1. The van der Waals surface area contributed by atoms with Gasteiger partial charge in [0.1, 0.15) is 6.10 Å². The lowest BCUT2D eigenvalue weighted by Gasteiger charge is -2.11. The highest BCUT2D eigenvalue weighted by atomic mass is 32.1. The molecule has 1 saturated heterocycles. The maximum Gasteiger partial charge on any atom is 0.255 e. The highest BCUT2D eigenvalue weighted by molar-refractivity contribution is 7.16. The highest BCUT2D eigenvalue weighted by Gasteiger charge is 2.30. The van der Waals surface area contributed by atoms with Gasteiger partial charge in [-0.3, -0.25) is 10.1 Å². The van der Waals surface area contributed by atoms with Gasteiger partial charge in [0.05, 0.1) is 11.8 Å². The zero-order chi connectivity index (χ0) is 16.2. The Morgan fingerprint density at radius 2 is 2.17 bits per heavy atom. The summed E-state index contributed by atoms with van der Waals surface area (Å²) in [7, 11) is 0. The minimum absolute atomic E-state index is 0.00636. The Hall–Kier alpha value is -1.76. The molecule has 0 spiro atoms. The number of nitrogens with one attached hydrogen (secondary N) is 1. The first-order valence-electron chi connectivity index (χ1n) is 7.92. The van der Waals surface area contributed by atoms with Crippen LogP contribution in [-0.2, 0) is 16.0 Å². The second kappa shape index (κ2) is 7.21. The fourth-order valence-electron chi connectivity index (χ4n) is 2.72. The normalized spacial score (nSPS) is 20.6. The lowest BCUT2D eigenvalue weighted by Crippen LogP contribution is -2.29. The number of ether oxygens (including phenoxy) is 1. The van der Waals surface area contributed by atoms with Gasteiger partial charge in [0.15, 0.2) is 5.13 Å². The summed E-state index contributed by atoms with van der Waals surface area (Å²) in [5, 5.41) is 3.53. The van der Waals surface area contributed by atoms with Crippen molar-refractivity contribution in [3.8, 4) is 11.3 Å². The molecule has 1 aromatic heterocycles. The summed E-state index contributed by atoms with van der Waals surface area (Å²) in [6.07, 6.45) is 2.01. The van der Waals surface area contributed by atoms with Crippen LogP contribution in [0.4, 0.5) is 5.13 Å². The van der Waals surface area contributed by atoms with Gasteiger partial charge in [-0.2, -0.15) is 0 Å². The van der Waals surface area contributed by atoms with Gasteiger partial charge in [0, 0.05) is 17.0 Å². The lowest BCUT2D eigenvalue weighted by molar-refractivity contribution is -0.126. The third-order valence-corrected chi connectivity index (χ3v) is 5.07. The van der Waals surface area contributed by atoms with Crippen LogP contribution >= 0.6 is 11.3 Å². The summed E-state index contributed by atoms with van der Waals surface area (Å²) in [5.41, 5.74) is 7.60. The third kappa shape index (κ3) is 3.60. The average Bonchev–Trinajstić information content (AvgIpc) is 3.22. The molecule has 2 heterocycles. The van der Waals surface area contributed by atoms with Crippen molar-refractivity contribution < 1.29 is 9.53 Å². The molecule has 1 aromatic carbocycles. The molecule has 0 aliphatic carbocycles. The molecule has 0 saturated carbocycles. The van der Waals surface area contributed by atoms with Gasteiger partial charge in [0.2, 0.25) is 0 Å². The van der Waals surface area contributed by atoms with Crippen molar-refractivity contribution in [1.29, 1.82) is 0 Å². The SMILES string of the molecule is CCc1sc(NC(=O)[C@@H]2CC[C@H](CN)O2)nc1-c1ccccc1. The number of hydrogen-bond acceptors (Lipinski definition) is 5. The number of carbonyl (C=O) groups excluding carboxylic acids is 1. The molecule has 1 fully saturated rings. The predicted molar refractivity (Wildman–Crippen MR) is 92.5 cm³/mol. The number of aromatic nitrogens is 1. The van der Waals surface area contributed by atoms with E-state index in [1.807, 2.05) is 30.3 Å². The van der Waals surface area contributed by atoms with E-state index >= 15 is 0 Å². The molecular formula is C17H21N3O2S. The molecule has 3 rings (SSSR count). The number of aryl methyl sites for hydroxylation is 1. The summed E-state index contributed by atoms with van der Waals surface area (Å²) >= 11 is 1.52. The molecule has 6 heteroatoms. The fourth-order valence-corrected chi connectivity index (χ4v) is 3.65. The summed E-state index contributed by atoms with van der Waals surface area (Å²) in [6, 6.07) is 10.0. The number of nitrogens with zero attached hydrogens (tertiary/aromatic N) is 1. The van der Waals surface area contributed by atoms with Crippen molar-refractivity contribution in [3.63, 3.8) is 0 Å². The van der Waals surface area contributed by atoms with E-state index in [4.69, 9.17) is 10.5 Å². The third-order valence-electron chi connectivity index (χ3n) is 3.96. The first-order valence-corrected chi connectivity index (χ1v) is 8.74. The first-order chi connectivity index (χ1) is 11.2. The molecule has 3 N–H and O–H groups in total. The van der Waals surface area contributed by atoms with E-state index in [0.717, 1.165) is 24.1 Å². The molecule has 23 heavy (non-hydrogen) atoms. The molecule has 0 bridgehead atoms. The molecule has 2 aromatic rings. The van der Waals surface area contributed by atoms with E-state index in [2.05, 4.69) is 17.2 Å². The monoisotopic (exact) mass is 331 g/mol. The molecule has 122 valence electrons. The van der Waals surface area contributed by atoms with E-state index in [0.29, 0.717) is 18.1 Å². The predicted octanol–water partition coefficient (Wildman–Crippen LogP) is 2.82. The molecule has 0 radical (unpaired) electrons. The fraction of sp³-hybridized carbons (Fsp3) is 0.412. The summed E-state index contributed by atoms with van der Waals surface area (Å²) in [5.74, 6) is -0.128. The average molecular weight is 331 g/mol. The second-order valence-electron chi connectivity index (χ2n) is 5.56. The molecular weight excluding hydrogens is 310 g/mol. The highest BCUT2D eigenvalue weighted by Crippen LogP contribution is 2.32. The van der Waals surface area contributed by atoms with Crippen LogP contribution in [0.2, 0.25) is 0 Å². The number of thiazole rings is 1. The Balaban J connectivity index is 1.74. The number of rotatable bonds is 5. The summed E-state index contributed by atoms with van der Waals surface area (Å²) in [4.78, 5) is 18.1. The van der Waals surface area contributed by atoms with Gasteiger partial charge in [-0.15, -0.1) is 11.3 Å². The van der Waals surface area contributed by atoms with Crippen LogP contribution in [0.1, 0.15) is 24.6 Å². The van der Waals surface area contributed by atoms with Crippen molar-refractivity contribution in [2.45, 2.75) is 38.4 Å². The van der Waals surface area contributed by atoms with Crippen LogP contribution in [0, 0.1) is 0 Å². The minimum atomic E-state index is -0.419. The zero-order valence-electron chi connectivity index (χ0n) is 13.1. The smallest absolute Gasteiger partial charge is 0.255 e. The van der Waals surface area contributed by atoms with E-state index in [-0.39, 0.29) is 12.0 Å². The van der Waals surface area contributed by atoms with Gasteiger partial charge in [-0.1, -0.05) is 37.3 Å². The van der Waals surface area contributed by atoms with Gasteiger partial charge in [-0.05, 0) is 19.3 Å². The number of benzene rings is 1. The molecule has 1 amide bonds. The molecule has 5 nitrogen and oxygen atoms in total. The molecule has 1 aliphatic heterocycles. The minimum Gasteiger partial charge on any atom is -0.364 e. The van der Waals surface area contributed by atoms with Crippen LogP contribution in [0.3, 0.4) is 0 Å². The number of carbonyl (C=O) groups is 1. The van der Waals surface area contributed by atoms with Crippen LogP contribution < -0.4 is 11.1 Å². The van der Waals surface area contributed by atoms with E-state index < -0.39 is 6.10 Å². The summed E-state index contributed by atoms with van der Waals surface area (Å²) in [6.45, 7) is 2.55. The Morgan fingerprint density at radius 3 is 2.83 bits per heavy atom. The Bertz CT molecular complexity index is 672. The van der Waals surface area contributed by atoms with Crippen molar-refractivity contribution in [1.82, 2.24) is 4.98 Å². The van der Waals surface area contributed by atoms with Crippen molar-refractivity contribution in [2.75, 3.05) is 11.9 Å². The maximum absolute atomic E-state index is 12.3. The van der Waals surface area contributed by atoms with Gasteiger partial charge < -0.3 is 10.5 Å². The van der Waals surface area contributed by atoms with E-state index in [9.17, 15) is 4.79 Å². The largest absolute Gasteiger partial charge is 0.364 e. The lowest BCUT2D eigenvalue weighted by atomic mass is 10.1. The van der Waals surface area contributed by atoms with Crippen LogP contribution in [0.25, 0.3) is 11.3 Å². The van der Waals surface area contributed by atoms with Crippen LogP contribution in [-0.4, -0.2) is 29.6 Å². The zero-order valence-corrected chi connectivity index (χ0v) is 13.9. The van der Waals surface area contributed by atoms with Crippen molar-refractivity contribution in [2.24, 2.45) is 5.73 Å². The van der Waals surface area contributed by atoms with Crippen LogP contribution in [0.15, 0.2) is 30.3 Å². The topological polar surface area (TPSA) is 77.2 Å². The van der Waals surface area contributed by atoms with E-state index in [1.165, 1.54) is 16.2 Å². The standard InChI is InChI=1S/C17H21N3O2S/c1-2-14-15(11-6-4-3-5-7-11)19-17(23-14)20-16(21)13-9-8-12(10-18)22-13/h3-7,12-13H,2,8-10,18H2,1H3,(H,19,20,21)/t12-,13+/m1/s1. The summed E-state index contributed by atoms with van der Waals surface area (Å²) < 4.78 is 5.63. The van der Waals surface area contributed by atoms with Gasteiger partial charge >= 0.3 is 0 Å².